The van der Waals surface area contributed by atoms with Crippen molar-refractivity contribution in [2.75, 3.05) is 18.5 Å². The number of nitro groups is 1. The lowest BCUT2D eigenvalue weighted by atomic mass is 10.2. The van der Waals surface area contributed by atoms with E-state index in [9.17, 15) is 14.9 Å². The van der Waals surface area contributed by atoms with E-state index in [1.165, 1.54) is 17.8 Å². The van der Waals surface area contributed by atoms with Gasteiger partial charge in [-0.1, -0.05) is 30.0 Å². The normalized spacial score (nSPS) is 12.4. The molecule has 0 saturated heterocycles. The van der Waals surface area contributed by atoms with Gasteiger partial charge in [0.1, 0.15) is 18.1 Å². The minimum Gasteiger partial charge on any atom is -0.486 e. The Morgan fingerprint density at radius 2 is 1.75 bits per heavy atom. The molecule has 2 aromatic carbocycles. The predicted molar refractivity (Wildman–Crippen MR) is 101 cm³/mol. The molecule has 1 aromatic heterocycles. The standard InChI is InChI=1S/C19H14N2O6S/c22-19(14-6-7-18(27-14)21(23)24)20-13-10-15-16(26-9-8-25-15)11-17(13)28-12-4-2-1-3-5-12/h1-7,10-11H,8-9H2,(H,20,22). The zero-order valence-electron chi connectivity index (χ0n) is 14.4. The van der Waals surface area contributed by atoms with Gasteiger partial charge in [-0.25, -0.2) is 0 Å². The van der Waals surface area contributed by atoms with E-state index < -0.39 is 16.7 Å². The quantitative estimate of drug-likeness (QED) is 0.503. The van der Waals surface area contributed by atoms with E-state index >= 15 is 0 Å². The number of rotatable bonds is 5. The Morgan fingerprint density at radius 3 is 2.43 bits per heavy atom. The van der Waals surface area contributed by atoms with Crippen molar-refractivity contribution >= 4 is 29.2 Å². The van der Waals surface area contributed by atoms with Crippen molar-refractivity contribution in [2.45, 2.75) is 9.79 Å². The molecule has 0 spiro atoms. The fourth-order valence-electron chi connectivity index (χ4n) is 2.60. The Hall–Kier alpha value is -3.46. The smallest absolute Gasteiger partial charge is 0.433 e. The lowest BCUT2D eigenvalue weighted by molar-refractivity contribution is -0.402. The van der Waals surface area contributed by atoms with Gasteiger partial charge in [0.15, 0.2) is 17.3 Å². The number of hydrogen-bond donors (Lipinski definition) is 1. The van der Waals surface area contributed by atoms with Crippen LogP contribution in [0.25, 0.3) is 0 Å². The molecule has 0 fully saturated rings. The molecule has 142 valence electrons. The van der Waals surface area contributed by atoms with Gasteiger partial charge in [0, 0.05) is 21.9 Å². The molecule has 0 aliphatic carbocycles. The molecule has 8 nitrogen and oxygen atoms in total. The van der Waals surface area contributed by atoms with Gasteiger partial charge in [0.2, 0.25) is 0 Å². The number of hydrogen-bond acceptors (Lipinski definition) is 7. The summed E-state index contributed by atoms with van der Waals surface area (Å²) in [5.41, 5.74) is 0.488. The monoisotopic (exact) mass is 398 g/mol. The van der Waals surface area contributed by atoms with Crippen LogP contribution >= 0.6 is 11.8 Å². The summed E-state index contributed by atoms with van der Waals surface area (Å²) in [5.74, 6) is -0.135. The lowest BCUT2D eigenvalue weighted by Gasteiger charge is -2.21. The van der Waals surface area contributed by atoms with Crippen molar-refractivity contribution < 1.29 is 23.6 Å². The summed E-state index contributed by atoms with van der Waals surface area (Å²) in [6, 6.07) is 15.5. The van der Waals surface area contributed by atoms with Crippen LogP contribution in [0, 0.1) is 10.1 Å². The summed E-state index contributed by atoms with van der Waals surface area (Å²) < 4.78 is 16.2. The average Bonchev–Trinajstić information content (AvgIpc) is 3.20. The van der Waals surface area contributed by atoms with Gasteiger partial charge >= 0.3 is 5.88 Å². The molecule has 2 heterocycles. The zero-order chi connectivity index (χ0) is 19.5. The lowest BCUT2D eigenvalue weighted by Crippen LogP contribution is -2.17. The number of nitrogens with one attached hydrogen (secondary N) is 1. The molecule has 0 unspecified atom stereocenters. The Bertz CT molecular complexity index is 1030. The topological polar surface area (TPSA) is 104 Å². The first kappa shape index (κ1) is 17.9. The number of amides is 1. The van der Waals surface area contributed by atoms with E-state index in [0.717, 1.165) is 15.9 Å². The van der Waals surface area contributed by atoms with Crippen LogP contribution in [-0.2, 0) is 0 Å². The predicted octanol–water partition coefficient (Wildman–Crippen LogP) is 4.36. The maximum absolute atomic E-state index is 12.5. The Labute approximate surface area is 163 Å². The van der Waals surface area contributed by atoms with E-state index in [2.05, 4.69) is 5.32 Å². The van der Waals surface area contributed by atoms with Crippen molar-refractivity contribution in [3.63, 3.8) is 0 Å². The fourth-order valence-corrected chi connectivity index (χ4v) is 3.53. The van der Waals surface area contributed by atoms with E-state index in [1.54, 1.807) is 12.1 Å². The number of fused-ring (bicyclic) bond motifs is 1. The van der Waals surface area contributed by atoms with Crippen LogP contribution in [0.4, 0.5) is 11.6 Å². The van der Waals surface area contributed by atoms with Crippen LogP contribution in [0.5, 0.6) is 11.5 Å². The van der Waals surface area contributed by atoms with Gasteiger partial charge in [-0.15, -0.1) is 0 Å². The Balaban J connectivity index is 1.65. The highest BCUT2D eigenvalue weighted by atomic mass is 32.2. The minimum absolute atomic E-state index is 0.155. The second kappa shape index (κ2) is 7.65. The number of nitrogens with zero attached hydrogens (tertiary/aromatic N) is 1. The Morgan fingerprint density at radius 1 is 1.04 bits per heavy atom. The fraction of sp³-hybridized carbons (Fsp3) is 0.105. The van der Waals surface area contributed by atoms with E-state index in [0.29, 0.717) is 30.4 Å². The van der Waals surface area contributed by atoms with Gasteiger partial charge in [-0.2, -0.15) is 0 Å². The molecule has 3 aromatic rings. The molecule has 1 amide bonds. The zero-order valence-corrected chi connectivity index (χ0v) is 15.2. The Kier molecular flexibility index (Phi) is 4.90. The molecule has 9 heteroatoms. The number of carbonyl (C=O) groups is 1. The van der Waals surface area contributed by atoms with Crippen LogP contribution in [0.3, 0.4) is 0 Å². The van der Waals surface area contributed by atoms with Gasteiger partial charge in [-0.05, 0) is 18.2 Å². The summed E-state index contributed by atoms with van der Waals surface area (Å²) in [6.45, 7) is 0.861. The number of carbonyl (C=O) groups excluding carboxylic acids is 1. The maximum atomic E-state index is 12.5. The molecule has 1 aliphatic heterocycles. The summed E-state index contributed by atoms with van der Waals surface area (Å²) in [6.07, 6.45) is 0. The van der Waals surface area contributed by atoms with Crippen molar-refractivity contribution in [1.29, 1.82) is 0 Å². The second-order valence-electron chi connectivity index (χ2n) is 5.76. The second-order valence-corrected chi connectivity index (χ2v) is 6.87. The molecule has 1 N–H and O–H groups in total. The SMILES string of the molecule is O=C(Nc1cc2c(cc1Sc1ccccc1)OCCO2)c1ccc([N+](=O)[O-])o1. The highest BCUT2D eigenvalue weighted by Crippen LogP contribution is 2.42. The first-order valence-electron chi connectivity index (χ1n) is 8.32. The molecule has 0 saturated carbocycles. The van der Waals surface area contributed by atoms with Gasteiger partial charge in [-0.3, -0.25) is 14.9 Å². The summed E-state index contributed by atoms with van der Waals surface area (Å²) in [4.78, 5) is 24.3. The van der Waals surface area contributed by atoms with Crippen LogP contribution < -0.4 is 14.8 Å². The van der Waals surface area contributed by atoms with E-state index in [-0.39, 0.29) is 5.76 Å². The molecule has 0 atom stereocenters. The largest absolute Gasteiger partial charge is 0.486 e. The number of benzene rings is 2. The van der Waals surface area contributed by atoms with Crippen LogP contribution in [0.1, 0.15) is 10.6 Å². The number of anilines is 1. The van der Waals surface area contributed by atoms with Crippen LogP contribution in [0.2, 0.25) is 0 Å². The van der Waals surface area contributed by atoms with E-state index in [4.69, 9.17) is 13.9 Å². The summed E-state index contributed by atoms with van der Waals surface area (Å²) in [7, 11) is 0. The third-order valence-corrected chi connectivity index (χ3v) is 4.92. The minimum atomic E-state index is -0.697. The molecule has 28 heavy (non-hydrogen) atoms. The molecular weight excluding hydrogens is 384 g/mol. The maximum Gasteiger partial charge on any atom is 0.433 e. The average molecular weight is 398 g/mol. The highest BCUT2D eigenvalue weighted by molar-refractivity contribution is 7.99. The molecular formula is C19H14N2O6S. The van der Waals surface area contributed by atoms with Crippen molar-refractivity contribution in [2.24, 2.45) is 0 Å². The first-order chi connectivity index (χ1) is 13.6. The number of furan rings is 1. The molecule has 0 radical (unpaired) electrons. The third kappa shape index (κ3) is 3.79. The molecule has 4 rings (SSSR count). The van der Waals surface area contributed by atoms with Crippen LogP contribution in [-0.4, -0.2) is 24.0 Å². The highest BCUT2D eigenvalue weighted by Gasteiger charge is 2.21. The van der Waals surface area contributed by atoms with E-state index in [1.807, 2.05) is 30.3 Å². The van der Waals surface area contributed by atoms with Gasteiger partial charge < -0.3 is 19.2 Å². The third-order valence-electron chi connectivity index (χ3n) is 3.86. The molecule has 0 bridgehead atoms. The van der Waals surface area contributed by atoms with Crippen molar-refractivity contribution in [3.8, 4) is 11.5 Å². The first-order valence-corrected chi connectivity index (χ1v) is 9.14. The molecule has 1 aliphatic rings. The van der Waals surface area contributed by atoms with Crippen LogP contribution in [0.15, 0.2) is 68.8 Å². The van der Waals surface area contributed by atoms with Gasteiger partial charge in [0.25, 0.3) is 5.91 Å². The van der Waals surface area contributed by atoms with Crippen molar-refractivity contribution in [1.82, 2.24) is 0 Å². The summed E-state index contributed by atoms with van der Waals surface area (Å²) >= 11 is 1.45. The van der Waals surface area contributed by atoms with Gasteiger partial charge in [0.05, 0.1) is 11.8 Å². The van der Waals surface area contributed by atoms with Crippen molar-refractivity contribution in [3.05, 3.63) is 70.5 Å². The number of ether oxygens (including phenoxy) is 2. The summed E-state index contributed by atoms with van der Waals surface area (Å²) in [5, 5.41) is 13.5.